The fourth-order valence-corrected chi connectivity index (χ4v) is 4.62. The van der Waals surface area contributed by atoms with E-state index in [1.54, 1.807) is 48.8 Å². The number of ether oxygens (including phenoxy) is 2. The minimum Gasteiger partial charge on any atom is -0.497 e. The molecule has 0 saturated carbocycles. The summed E-state index contributed by atoms with van der Waals surface area (Å²) in [6, 6.07) is 10.9. The molecule has 0 atom stereocenters. The number of anilines is 1. The van der Waals surface area contributed by atoms with E-state index in [4.69, 9.17) is 26.1 Å². The van der Waals surface area contributed by atoms with Crippen LogP contribution in [0.4, 0.5) is 5.13 Å². The number of methoxy groups -OCH3 is 1. The molecular weight excluding hydrogens is 483 g/mol. The molecule has 0 saturated heterocycles. The van der Waals surface area contributed by atoms with Crippen molar-refractivity contribution in [3.8, 4) is 11.5 Å². The Morgan fingerprint density at radius 2 is 1.94 bits per heavy atom. The maximum absolute atomic E-state index is 13.2. The lowest BCUT2D eigenvalue weighted by atomic mass is 10.2. The van der Waals surface area contributed by atoms with Gasteiger partial charge in [-0.1, -0.05) is 29.0 Å². The Balaban J connectivity index is 0.00000306. The molecule has 2 heterocycles. The molecule has 4 rings (SSSR count). The number of imidazole rings is 1. The molecular formula is C23H24Cl2N4O3S. The number of fused-ring (bicyclic) bond motifs is 1. The number of thiazole rings is 1. The average Bonchev–Trinajstić information content (AvgIpc) is 3.49. The van der Waals surface area contributed by atoms with Crippen molar-refractivity contribution in [1.29, 1.82) is 0 Å². The number of carbonyl (C=O) groups excluding carboxylic acids is 1. The highest BCUT2D eigenvalue weighted by molar-refractivity contribution is 7.23. The summed E-state index contributed by atoms with van der Waals surface area (Å²) in [4.78, 5) is 23.7. The van der Waals surface area contributed by atoms with E-state index < -0.39 is 0 Å². The molecule has 0 fully saturated rings. The first kappa shape index (κ1) is 24.8. The SMILES string of the molecule is COc1ccc(OCC(=O)N(CCCn2ccnc2)c2nc3c(C)ccc(Cl)c3s2)cc1.Cl. The summed E-state index contributed by atoms with van der Waals surface area (Å²) < 4.78 is 13.8. The fourth-order valence-electron chi connectivity index (χ4n) is 3.26. The van der Waals surface area contributed by atoms with E-state index >= 15 is 0 Å². The van der Waals surface area contributed by atoms with E-state index in [1.807, 2.05) is 29.8 Å². The molecule has 2 aromatic carbocycles. The predicted octanol–water partition coefficient (Wildman–Crippen LogP) is 5.39. The molecule has 10 heteroatoms. The summed E-state index contributed by atoms with van der Waals surface area (Å²) in [7, 11) is 1.60. The first-order valence-corrected chi connectivity index (χ1v) is 11.3. The zero-order chi connectivity index (χ0) is 22.5. The molecule has 0 N–H and O–H groups in total. The number of aromatic nitrogens is 3. The number of hydrogen-bond donors (Lipinski definition) is 0. The van der Waals surface area contributed by atoms with Crippen LogP contribution in [0.3, 0.4) is 0 Å². The summed E-state index contributed by atoms with van der Waals surface area (Å²) in [6.07, 6.45) is 6.15. The number of nitrogens with zero attached hydrogens (tertiary/aromatic N) is 4. The number of rotatable bonds is 9. The summed E-state index contributed by atoms with van der Waals surface area (Å²) >= 11 is 7.81. The highest BCUT2D eigenvalue weighted by Gasteiger charge is 2.21. The van der Waals surface area contributed by atoms with Crippen molar-refractivity contribution in [2.24, 2.45) is 0 Å². The minimum atomic E-state index is -0.167. The van der Waals surface area contributed by atoms with Crippen molar-refractivity contribution in [2.75, 3.05) is 25.2 Å². The third-order valence-corrected chi connectivity index (χ3v) is 6.54. The molecule has 7 nitrogen and oxygen atoms in total. The second-order valence-electron chi connectivity index (χ2n) is 7.20. The zero-order valence-electron chi connectivity index (χ0n) is 18.2. The second kappa shape index (κ2) is 11.4. The number of carbonyl (C=O) groups is 1. The van der Waals surface area contributed by atoms with E-state index in [-0.39, 0.29) is 24.9 Å². The summed E-state index contributed by atoms with van der Waals surface area (Å²) in [6.45, 7) is 3.13. The molecule has 0 unspecified atom stereocenters. The van der Waals surface area contributed by atoms with Crippen LogP contribution in [-0.2, 0) is 11.3 Å². The molecule has 1 amide bonds. The molecule has 2 aromatic heterocycles. The van der Waals surface area contributed by atoms with E-state index in [9.17, 15) is 4.79 Å². The third-order valence-electron chi connectivity index (χ3n) is 5.00. The van der Waals surface area contributed by atoms with Gasteiger partial charge >= 0.3 is 0 Å². The molecule has 0 aliphatic carbocycles. The molecule has 0 spiro atoms. The smallest absolute Gasteiger partial charge is 0.266 e. The van der Waals surface area contributed by atoms with E-state index in [0.29, 0.717) is 22.4 Å². The topological polar surface area (TPSA) is 69.5 Å². The summed E-state index contributed by atoms with van der Waals surface area (Å²) in [5.41, 5.74) is 1.84. The summed E-state index contributed by atoms with van der Waals surface area (Å²) in [5.74, 6) is 1.16. The van der Waals surface area contributed by atoms with Crippen molar-refractivity contribution >= 4 is 56.6 Å². The van der Waals surface area contributed by atoms with Gasteiger partial charge in [-0.15, -0.1) is 12.4 Å². The van der Waals surface area contributed by atoms with Crippen LogP contribution in [-0.4, -0.2) is 40.7 Å². The lowest BCUT2D eigenvalue weighted by molar-refractivity contribution is -0.120. The van der Waals surface area contributed by atoms with Crippen molar-refractivity contribution in [2.45, 2.75) is 19.9 Å². The van der Waals surface area contributed by atoms with Crippen LogP contribution >= 0.6 is 35.3 Å². The maximum Gasteiger partial charge on any atom is 0.266 e. The number of aryl methyl sites for hydroxylation is 2. The van der Waals surface area contributed by atoms with Gasteiger partial charge in [-0.25, -0.2) is 9.97 Å². The van der Waals surface area contributed by atoms with Gasteiger partial charge in [0.15, 0.2) is 11.7 Å². The first-order chi connectivity index (χ1) is 15.5. The van der Waals surface area contributed by atoms with Gasteiger partial charge in [-0.3, -0.25) is 9.69 Å². The maximum atomic E-state index is 13.2. The van der Waals surface area contributed by atoms with E-state index in [1.165, 1.54) is 11.3 Å². The number of amides is 1. The predicted molar refractivity (Wildman–Crippen MR) is 134 cm³/mol. The largest absolute Gasteiger partial charge is 0.497 e. The monoisotopic (exact) mass is 506 g/mol. The number of hydrogen-bond acceptors (Lipinski definition) is 6. The Morgan fingerprint density at radius 3 is 2.61 bits per heavy atom. The molecule has 0 aliphatic rings. The molecule has 174 valence electrons. The Bertz CT molecular complexity index is 1160. The van der Waals surface area contributed by atoms with Crippen LogP contribution < -0.4 is 14.4 Å². The van der Waals surface area contributed by atoms with Gasteiger partial charge in [0.25, 0.3) is 5.91 Å². The van der Waals surface area contributed by atoms with Gasteiger partial charge < -0.3 is 14.0 Å². The van der Waals surface area contributed by atoms with Gasteiger partial charge in [-0.05, 0) is 49.2 Å². The van der Waals surface area contributed by atoms with Crippen LogP contribution in [0.1, 0.15) is 12.0 Å². The molecule has 0 bridgehead atoms. The standard InChI is InChI=1S/C23H23ClN4O3S.ClH/c1-16-4-9-19(24)22-21(16)26-23(32-22)28(12-3-11-27-13-10-25-15-27)20(29)14-31-18-7-5-17(30-2)6-8-18;/h4-10,13,15H,3,11-12,14H2,1-2H3;1H. The third kappa shape index (κ3) is 5.96. The Morgan fingerprint density at radius 1 is 1.18 bits per heavy atom. The second-order valence-corrected chi connectivity index (χ2v) is 8.59. The lowest BCUT2D eigenvalue weighted by Crippen LogP contribution is -2.36. The van der Waals surface area contributed by atoms with Gasteiger partial charge in [0.2, 0.25) is 0 Å². The van der Waals surface area contributed by atoms with Crippen LogP contribution in [0.25, 0.3) is 10.2 Å². The van der Waals surface area contributed by atoms with Crippen LogP contribution in [0.5, 0.6) is 11.5 Å². The van der Waals surface area contributed by atoms with E-state index in [0.717, 1.165) is 34.5 Å². The van der Waals surface area contributed by atoms with Crippen molar-refractivity contribution in [1.82, 2.24) is 14.5 Å². The molecule has 4 aromatic rings. The number of benzene rings is 2. The Kier molecular flexibility index (Phi) is 8.55. The van der Waals surface area contributed by atoms with E-state index in [2.05, 4.69) is 4.98 Å². The van der Waals surface area contributed by atoms with Gasteiger partial charge in [-0.2, -0.15) is 0 Å². The zero-order valence-corrected chi connectivity index (χ0v) is 20.6. The van der Waals surface area contributed by atoms with Crippen molar-refractivity contribution < 1.29 is 14.3 Å². The lowest BCUT2D eigenvalue weighted by Gasteiger charge is -2.20. The normalized spacial score (nSPS) is 10.6. The summed E-state index contributed by atoms with van der Waals surface area (Å²) in [5, 5.41) is 1.25. The van der Waals surface area contributed by atoms with Crippen LogP contribution in [0.2, 0.25) is 5.02 Å². The molecule has 0 aliphatic heterocycles. The Hall–Kier alpha value is -2.81. The highest BCUT2D eigenvalue weighted by atomic mass is 35.5. The van der Waals surface area contributed by atoms with Crippen LogP contribution in [0.15, 0.2) is 55.1 Å². The van der Waals surface area contributed by atoms with Crippen LogP contribution in [0, 0.1) is 6.92 Å². The number of halogens is 2. The minimum absolute atomic E-state index is 0. The molecule has 33 heavy (non-hydrogen) atoms. The average molecular weight is 507 g/mol. The fraction of sp³-hybridized carbons (Fsp3) is 0.261. The highest BCUT2D eigenvalue weighted by Crippen LogP contribution is 2.35. The van der Waals surface area contributed by atoms with Gasteiger partial charge in [0, 0.05) is 25.5 Å². The first-order valence-electron chi connectivity index (χ1n) is 10.1. The van der Waals surface area contributed by atoms with Crippen molar-refractivity contribution in [3.63, 3.8) is 0 Å². The quantitative estimate of drug-likeness (QED) is 0.304. The van der Waals surface area contributed by atoms with Crippen molar-refractivity contribution in [3.05, 3.63) is 65.7 Å². The Labute approximate surface area is 207 Å². The molecule has 0 radical (unpaired) electrons. The van der Waals surface area contributed by atoms with Gasteiger partial charge in [0.05, 0.1) is 28.7 Å². The van der Waals surface area contributed by atoms with Gasteiger partial charge in [0.1, 0.15) is 11.5 Å².